The van der Waals surface area contributed by atoms with Crippen LogP contribution in [0.25, 0.3) is 0 Å². The van der Waals surface area contributed by atoms with E-state index in [-0.39, 0.29) is 5.91 Å². The Morgan fingerprint density at radius 1 is 1.39 bits per heavy atom. The molecule has 1 aromatic carbocycles. The zero-order chi connectivity index (χ0) is 13.0. The molecule has 0 radical (unpaired) electrons. The van der Waals surface area contributed by atoms with Crippen LogP contribution in [0.2, 0.25) is 0 Å². The van der Waals surface area contributed by atoms with Crippen LogP contribution in [-0.2, 0) is 11.2 Å². The Kier molecular flexibility index (Phi) is 4.53. The van der Waals surface area contributed by atoms with Crippen LogP contribution in [-0.4, -0.2) is 35.4 Å². The van der Waals surface area contributed by atoms with E-state index in [1.54, 1.807) is 0 Å². The number of piperidine rings is 1. The average Bonchev–Trinajstić information content (AvgIpc) is 2.41. The van der Waals surface area contributed by atoms with E-state index in [2.05, 4.69) is 6.26 Å². The number of hydrogen-bond donors (Lipinski definition) is 1. The molecular formula is C14H20N2OS. The molecule has 0 unspecified atom stereocenters. The van der Waals surface area contributed by atoms with Gasteiger partial charge in [-0.25, -0.2) is 0 Å². The van der Waals surface area contributed by atoms with Gasteiger partial charge in [-0.05, 0) is 30.7 Å². The Hall–Kier alpha value is -1.16. The predicted molar refractivity (Wildman–Crippen MR) is 77.7 cm³/mol. The van der Waals surface area contributed by atoms with Gasteiger partial charge >= 0.3 is 0 Å². The van der Waals surface area contributed by atoms with Crippen LogP contribution in [0, 0.1) is 0 Å². The third-order valence-electron chi connectivity index (χ3n) is 3.52. The van der Waals surface area contributed by atoms with Crippen LogP contribution >= 0.6 is 11.8 Å². The molecule has 0 atom stereocenters. The first-order valence-corrected chi connectivity index (χ1v) is 7.63. The van der Waals surface area contributed by atoms with Gasteiger partial charge in [0.1, 0.15) is 0 Å². The molecule has 1 saturated heterocycles. The summed E-state index contributed by atoms with van der Waals surface area (Å²) < 4.78 is 0. The van der Waals surface area contributed by atoms with Crippen LogP contribution in [0.4, 0.5) is 5.69 Å². The molecule has 0 spiro atoms. The van der Waals surface area contributed by atoms with Crippen molar-refractivity contribution in [1.29, 1.82) is 0 Å². The lowest BCUT2D eigenvalue weighted by Crippen LogP contribution is -2.40. The molecule has 3 nitrogen and oxygen atoms in total. The summed E-state index contributed by atoms with van der Waals surface area (Å²) in [5.74, 6) is 0.201. The zero-order valence-electron chi connectivity index (χ0n) is 10.8. The highest BCUT2D eigenvalue weighted by molar-refractivity contribution is 7.99. The highest BCUT2D eigenvalue weighted by atomic mass is 32.2. The summed E-state index contributed by atoms with van der Waals surface area (Å²) in [6.07, 6.45) is 4.79. The summed E-state index contributed by atoms with van der Waals surface area (Å²) in [7, 11) is 0. The second-order valence-electron chi connectivity index (χ2n) is 4.69. The van der Waals surface area contributed by atoms with Gasteiger partial charge in [-0.3, -0.25) is 4.79 Å². The molecule has 0 bridgehead atoms. The van der Waals surface area contributed by atoms with Crippen LogP contribution in [0.3, 0.4) is 0 Å². The first-order valence-electron chi connectivity index (χ1n) is 6.34. The summed E-state index contributed by atoms with van der Waals surface area (Å²) in [5, 5.41) is 0.718. The van der Waals surface area contributed by atoms with E-state index in [0.29, 0.717) is 12.1 Å². The molecule has 0 saturated carbocycles. The number of nitrogens with two attached hydrogens (primary N) is 1. The number of nitrogens with zero attached hydrogens (tertiary/aromatic N) is 1. The van der Waals surface area contributed by atoms with Crippen LogP contribution in [0.1, 0.15) is 18.4 Å². The van der Waals surface area contributed by atoms with Crippen LogP contribution < -0.4 is 5.73 Å². The molecule has 1 amide bonds. The molecule has 1 aliphatic rings. The van der Waals surface area contributed by atoms with Crippen molar-refractivity contribution in [2.45, 2.75) is 24.5 Å². The smallest absolute Gasteiger partial charge is 0.227 e. The van der Waals surface area contributed by atoms with Crippen molar-refractivity contribution in [1.82, 2.24) is 4.90 Å². The van der Waals surface area contributed by atoms with E-state index in [1.807, 2.05) is 40.9 Å². The summed E-state index contributed by atoms with van der Waals surface area (Å²) in [6.45, 7) is 1.77. The Morgan fingerprint density at radius 2 is 2.06 bits per heavy atom. The van der Waals surface area contributed by atoms with Gasteiger partial charge in [-0.2, -0.15) is 11.8 Å². The van der Waals surface area contributed by atoms with Crippen molar-refractivity contribution >= 4 is 23.4 Å². The fourth-order valence-electron chi connectivity index (χ4n) is 2.31. The van der Waals surface area contributed by atoms with Gasteiger partial charge in [0, 0.05) is 24.0 Å². The average molecular weight is 264 g/mol. The van der Waals surface area contributed by atoms with Gasteiger partial charge in [0.15, 0.2) is 0 Å². The van der Waals surface area contributed by atoms with E-state index < -0.39 is 0 Å². The van der Waals surface area contributed by atoms with Gasteiger partial charge in [0.2, 0.25) is 5.91 Å². The van der Waals surface area contributed by atoms with Crippen molar-refractivity contribution in [3.63, 3.8) is 0 Å². The second-order valence-corrected chi connectivity index (χ2v) is 5.83. The van der Waals surface area contributed by atoms with E-state index in [9.17, 15) is 4.79 Å². The summed E-state index contributed by atoms with van der Waals surface area (Å²) in [4.78, 5) is 14.1. The SMILES string of the molecule is CSC1CCN(C(=O)Cc2ccccc2N)CC1. The fraction of sp³-hybridized carbons (Fsp3) is 0.500. The van der Waals surface area contributed by atoms with Gasteiger partial charge in [0.05, 0.1) is 6.42 Å². The van der Waals surface area contributed by atoms with Gasteiger partial charge in [-0.1, -0.05) is 18.2 Å². The number of anilines is 1. The van der Waals surface area contributed by atoms with Gasteiger partial charge in [-0.15, -0.1) is 0 Å². The number of hydrogen-bond acceptors (Lipinski definition) is 3. The number of thioether (sulfide) groups is 1. The Labute approximate surface area is 113 Å². The number of nitrogen functional groups attached to an aromatic ring is 1. The van der Waals surface area contributed by atoms with E-state index >= 15 is 0 Å². The molecule has 4 heteroatoms. The van der Waals surface area contributed by atoms with E-state index in [1.165, 1.54) is 0 Å². The normalized spacial score (nSPS) is 16.8. The molecule has 18 heavy (non-hydrogen) atoms. The Bertz CT molecular complexity index is 414. The lowest BCUT2D eigenvalue weighted by molar-refractivity contribution is -0.131. The molecular weight excluding hydrogens is 244 g/mol. The monoisotopic (exact) mass is 264 g/mol. The van der Waals surface area contributed by atoms with Gasteiger partial charge < -0.3 is 10.6 Å². The number of amides is 1. The van der Waals surface area contributed by atoms with E-state index in [0.717, 1.165) is 36.7 Å². The number of carbonyl (C=O) groups is 1. The molecule has 0 aliphatic carbocycles. The van der Waals surface area contributed by atoms with Crippen LogP contribution in [0.5, 0.6) is 0 Å². The zero-order valence-corrected chi connectivity index (χ0v) is 11.6. The van der Waals surface area contributed by atoms with E-state index in [4.69, 9.17) is 5.73 Å². The number of carbonyl (C=O) groups excluding carboxylic acids is 1. The Balaban J connectivity index is 1.91. The maximum atomic E-state index is 12.2. The molecule has 2 rings (SSSR count). The molecule has 1 aromatic rings. The van der Waals surface area contributed by atoms with Crippen LogP contribution in [0.15, 0.2) is 24.3 Å². The first-order chi connectivity index (χ1) is 8.70. The third kappa shape index (κ3) is 3.19. The largest absolute Gasteiger partial charge is 0.398 e. The van der Waals surface area contributed by atoms with Crippen molar-refractivity contribution in [3.8, 4) is 0 Å². The minimum atomic E-state index is 0.201. The van der Waals surface area contributed by atoms with Crippen molar-refractivity contribution in [2.24, 2.45) is 0 Å². The maximum Gasteiger partial charge on any atom is 0.227 e. The highest BCUT2D eigenvalue weighted by Gasteiger charge is 2.22. The lowest BCUT2D eigenvalue weighted by atomic mass is 10.1. The Morgan fingerprint density at radius 3 is 2.67 bits per heavy atom. The third-order valence-corrected chi connectivity index (χ3v) is 4.66. The summed E-state index contributed by atoms with van der Waals surface area (Å²) in [6, 6.07) is 7.61. The lowest BCUT2D eigenvalue weighted by Gasteiger charge is -2.31. The highest BCUT2D eigenvalue weighted by Crippen LogP contribution is 2.22. The molecule has 0 aromatic heterocycles. The van der Waals surface area contributed by atoms with Gasteiger partial charge in [0.25, 0.3) is 0 Å². The predicted octanol–water partition coefficient (Wildman–Crippen LogP) is 2.17. The number of likely N-dealkylation sites (tertiary alicyclic amines) is 1. The summed E-state index contributed by atoms with van der Waals surface area (Å²) in [5.41, 5.74) is 7.52. The number of para-hydroxylation sites is 1. The maximum absolute atomic E-state index is 12.2. The number of rotatable bonds is 3. The fourth-order valence-corrected chi connectivity index (χ4v) is 2.99. The topological polar surface area (TPSA) is 46.3 Å². The molecule has 1 fully saturated rings. The molecule has 1 heterocycles. The molecule has 1 aliphatic heterocycles. The molecule has 98 valence electrons. The van der Waals surface area contributed by atoms with Crippen molar-refractivity contribution < 1.29 is 4.79 Å². The number of benzene rings is 1. The van der Waals surface area contributed by atoms with Crippen molar-refractivity contribution in [3.05, 3.63) is 29.8 Å². The molecule has 2 N–H and O–H groups in total. The summed E-state index contributed by atoms with van der Waals surface area (Å²) >= 11 is 1.91. The minimum absolute atomic E-state index is 0.201. The first kappa shape index (κ1) is 13.3. The minimum Gasteiger partial charge on any atom is -0.398 e. The second kappa shape index (κ2) is 6.14. The van der Waals surface area contributed by atoms with Crippen molar-refractivity contribution in [2.75, 3.05) is 25.1 Å². The standard InChI is InChI=1S/C14H20N2OS/c1-18-12-6-8-16(9-7-12)14(17)10-11-4-2-3-5-13(11)15/h2-5,12H,6-10,15H2,1H3. The quantitative estimate of drug-likeness (QED) is 0.851.